The van der Waals surface area contributed by atoms with Crippen LogP contribution in [-0.4, -0.2) is 30.6 Å². The highest BCUT2D eigenvalue weighted by Crippen LogP contribution is 2.32. The minimum absolute atomic E-state index is 0.00469. The summed E-state index contributed by atoms with van der Waals surface area (Å²) in [6.07, 6.45) is -0.193. The first kappa shape index (κ1) is 22.1. The van der Waals surface area contributed by atoms with Gasteiger partial charge in [0.25, 0.3) is 15.9 Å². The number of thiophene rings is 1. The van der Waals surface area contributed by atoms with Crippen LogP contribution >= 0.6 is 33.9 Å². The van der Waals surface area contributed by atoms with Gasteiger partial charge in [-0.25, -0.2) is 13.3 Å². The molecule has 6 nitrogen and oxygen atoms in total. The lowest BCUT2D eigenvalue weighted by molar-refractivity contribution is -0.122. The first-order valence-electron chi connectivity index (χ1n) is 9.50. The number of hydrogen-bond acceptors (Lipinski definition) is 5. The van der Waals surface area contributed by atoms with Gasteiger partial charge in [-0.2, -0.15) is 4.31 Å². The molecule has 0 bridgehead atoms. The van der Waals surface area contributed by atoms with Gasteiger partial charge in [-0.1, -0.05) is 35.9 Å². The van der Waals surface area contributed by atoms with Crippen molar-refractivity contribution in [3.05, 3.63) is 80.7 Å². The summed E-state index contributed by atoms with van der Waals surface area (Å²) < 4.78 is 29.2. The van der Waals surface area contributed by atoms with Crippen LogP contribution in [0.1, 0.15) is 17.5 Å². The van der Waals surface area contributed by atoms with Crippen LogP contribution in [0.15, 0.2) is 70.3 Å². The number of anilines is 1. The van der Waals surface area contributed by atoms with Crippen LogP contribution in [0.3, 0.4) is 0 Å². The summed E-state index contributed by atoms with van der Waals surface area (Å²) in [5.41, 5.74) is 2.24. The van der Waals surface area contributed by atoms with E-state index in [9.17, 15) is 18.0 Å². The van der Waals surface area contributed by atoms with Crippen LogP contribution < -0.4 is 4.90 Å². The van der Waals surface area contributed by atoms with Crippen molar-refractivity contribution in [1.82, 2.24) is 4.31 Å². The van der Waals surface area contributed by atoms with Gasteiger partial charge in [-0.3, -0.25) is 9.59 Å². The molecule has 1 aliphatic heterocycles. The fourth-order valence-corrected chi connectivity index (χ4v) is 6.51. The average Bonchev–Trinajstić information content (AvgIpc) is 3.37. The fourth-order valence-electron chi connectivity index (χ4n) is 3.46. The molecule has 1 fully saturated rings. The number of sulfonamides is 1. The number of amides is 2. The third kappa shape index (κ3) is 4.45. The summed E-state index contributed by atoms with van der Waals surface area (Å²) in [6, 6.07) is 16.5. The number of rotatable bonds is 6. The number of carbonyl (C=O) groups is 2. The standard InChI is InChI=1S/C22H19IN2O4S2/c1-15-4-6-16(7-5-15)14-24(31(28,29)21-3-2-12-30-21)19-13-20(26)25(22(19)27)18-10-8-17(23)9-11-18/h2-12,19H,13-14H2,1H3. The Hall–Kier alpha value is -2.08. The Labute approximate surface area is 198 Å². The topological polar surface area (TPSA) is 74.8 Å². The van der Waals surface area contributed by atoms with Crippen molar-refractivity contribution >= 4 is 61.5 Å². The third-order valence-electron chi connectivity index (χ3n) is 5.07. The lowest BCUT2D eigenvalue weighted by atomic mass is 10.1. The highest BCUT2D eigenvalue weighted by molar-refractivity contribution is 14.1. The molecule has 1 saturated heterocycles. The van der Waals surface area contributed by atoms with Crippen LogP contribution in [0.2, 0.25) is 0 Å². The lowest BCUT2D eigenvalue weighted by Crippen LogP contribution is -2.44. The normalized spacial score (nSPS) is 17.0. The van der Waals surface area contributed by atoms with Gasteiger partial charge in [0.2, 0.25) is 5.91 Å². The zero-order valence-corrected chi connectivity index (χ0v) is 20.4. The lowest BCUT2D eigenvalue weighted by Gasteiger charge is -2.26. The number of imide groups is 1. The van der Waals surface area contributed by atoms with E-state index in [1.807, 2.05) is 31.2 Å². The van der Waals surface area contributed by atoms with E-state index in [1.165, 1.54) is 6.07 Å². The van der Waals surface area contributed by atoms with Gasteiger partial charge in [-0.15, -0.1) is 11.3 Å². The number of nitrogens with zero attached hydrogens (tertiary/aromatic N) is 2. The van der Waals surface area contributed by atoms with Crippen molar-refractivity contribution in [3.8, 4) is 0 Å². The molecule has 160 valence electrons. The zero-order chi connectivity index (χ0) is 22.2. The van der Waals surface area contributed by atoms with Crippen molar-refractivity contribution in [2.45, 2.75) is 30.1 Å². The Kier molecular flexibility index (Phi) is 6.29. The highest BCUT2D eigenvalue weighted by Gasteiger charge is 2.47. The molecule has 0 spiro atoms. The molecule has 0 aliphatic carbocycles. The second-order valence-corrected chi connectivity index (χ2v) is 11.5. The molecule has 1 unspecified atom stereocenters. The second-order valence-electron chi connectivity index (χ2n) is 7.23. The van der Waals surface area contributed by atoms with Gasteiger partial charge < -0.3 is 0 Å². The molecule has 9 heteroatoms. The molecule has 0 saturated carbocycles. The average molecular weight is 566 g/mol. The molecule has 31 heavy (non-hydrogen) atoms. The van der Waals surface area contributed by atoms with Crippen molar-refractivity contribution in [2.24, 2.45) is 0 Å². The van der Waals surface area contributed by atoms with Crippen molar-refractivity contribution < 1.29 is 18.0 Å². The van der Waals surface area contributed by atoms with Crippen LogP contribution in [-0.2, 0) is 26.2 Å². The molecule has 2 amide bonds. The first-order valence-corrected chi connectivity index (χ1v) is 12.9. The fraction of sp³-hybridized carbons (Fsp3) is 0.182. The maximum absolute atomic E-state index is 13.4. The SMILES string of the molecule is Cc1ccc(CN(C2CC(=O)N(c3ccc(I)cc3)C2=O)S(=O)(=O)c2cccs2)cc1. The molecule has 0 N–H and O–H groups in total. The Morgan fingerprint density at radius 2 is 1.74 bits per heavy atom. The van der Waals surface area contributed by atoms with Gasteiger partial charge in [0.05, 0.1) is 12.1 Å². The predicted molar refractivity (Wildman–Crippen MR) is 128 cm³/mol. The van der Waals surface area contributed by atoms with Crippen LogP contribution in [0, 0.1) is 10.5 Å². The Balaban J connectivity index is 1.72. The highest BCUT2D eigenvalue weighted by atomic mass is 127. The smallest absolute Gasteiger partial charge is 0.253 e. The van der Waals surface area contributed by atoms with Crippen molar-refractivity contribution in [2.75, 3.05) is 4.90 Å². The van der Waals surface area contributed by atoms with E-state index in [1.54, 1.807) is 35.7 Å². The third-order valence-corrected chi connectivity index (χ3v) is 9.02. The van der Waals surface area contributed by atoms with E-state index >= 15 is 0 Å². The summed E-state index contributed by atoms with van der Waals surface area (Å²) >= 11 is 3.23. The molecular weight excluding hydrogens is 547 g/mol. The molecule has 1 aliphatic rings. The van der Waals surface area contributed by atoms with Crippen LogP contribution in [0.4, 0.5) is 5.69 Å². The molecular formula is C22H19IN2O4S2. The quantitative estimate of drug-likeness (QED) is 0.332. The van der Waals surface area contributed by atoms with Gasteiger partial charge in [0.1, 0.15) is 10.3 Å². The van der Waals surface area contributed by atoms with E-state index in [0.29, 0.717) is 5.69 Å². The van der Waals surface area contributed by atoms with E-state index in [2.05, 4.69) is 22.6 Å². The molecule has 1 atom stereocenters. The molecule has 0 radical (unpaired) electrons. The number of halogens is 1. The van der Waals surface area contributed by atoms with Gasteiger partial charge in [0.15, 0.2) is 0 Å². The van der Waals surface area contributed by atoms with E-state index in [4.69, 9.17) is 0 Å². The number of aryl methyl sites for hydroxylation is 1. The zero-order valence-electron chi connectivity index (χ0n) is 16.6. The summed E-state index contributed by atoms with van der Waals surface area (Å²) in [5.74, 6) is -0.940. The van der Waals surface area contributed by atoms with Crippen LogP contribution in [0.5, 0.6) is 0 Å². The van der Waals surface area contributed by atoms with E-state index in [-0.39, 0.29) is 17.2 Å². The molecule has 2 heterocycles. The number of hydrogen-bond donors (Lipinski definition) is 0. The summed E-state index contributed by atoms with van der Waals surface area (Å²) in [4.78, 5) is 27.2. The summed E-state index contributed by atoms with van der Waals surface area (Å²) in [7, 11) is -3.97. The van der Waals surface area contributed by atoms with Crippen LogP contribution in [0.25, 0.3) is 0 Å². The predicted octanol–water partition coefficient (Wildman–Crippen LogP) is 4.18. The molecule has 4 rings (SSSR count). The van der Waals surface area contributed by atoms with Crippen molar-refractivity contribution in [3.63, 3.8) is 0 Å². The maximum Gasteiger partial charge on any atom is 0.253 e. The van der Waals surface area contributed by atoms with Gasteiger partial charge >= 0.3 is 0 Å². The Morgan fingerprint density at radius 3 is 2.35 bits per heavy atom. The molecule has 1 aromatic heterocycles. The van der Waals surface area contributed by atoms with E-state index in [0.717, 1.165) is 35.2 Å². The van der Waals surface area contributed by atoms with Gasteiger partial charge in [-0.05, 0) is 70.8 Å². The maximum atomic E-state index is 13.4. The van der Waals surface area contributed by atoms with Gasteiger partial charge in [0, 0.05) is 10.1 Å². The summed E-state index contributed by atoms with van der Waals surface area (Å²) in [6.45, 7) is 1.95. The first-order chi connectivity index (χ1) is 14.8. The minimum Gasteiger partial charge on any atom is -0.274 e. The monoisotopic (exact) mass is 566 g/mol. The Morgan fingerprint density at radius 1 is 1.06 bits per heavy atom. The largest absolute Gasteiger partial charge is 0.274 e. The summed E-state index contributed by atoms with van der Waals surface area (Å²) in [5, 5.41) is 1.68. The van der Waals surface area contributed by atoms with E-state index < -0.39 is 27.9 Å². The molecule has 3 aromatic rings. The number of benzene rings is 2. The molecule has 2 aromatic carbocycles. The van der Waals surface area contributed by atoms with Crippen molar-refractivity contribution in [1.29, 1.82) is 0 Å². The second kappa shape index (κ2) is 8.81. The number of carbonyl (C=O) groups excluding carboxylic acids is 2. The Bertz CT molecular complexity index is 1210. The minimum atomic E-state index is -3.97.